The van der Waals surface area contributed by atoms with Crippen molar-refractivity contribution in [1.29, 1.82) is 0 Å². The number of fused-ring (bicyclic) bond motifs is 2. The number of likely N-dealkylation sites (tertiary alicyclic amines) is 2. The maximum Gasteiger partial charge on any atom is 0.407 e. The lowest BCUT2D eigenvalue weighted by molar-refractivity contribution is 0.129. The first-order valence-electron chi connectivity index (χ1n) is 24.2. The Morgan fingerprint density at radius 2 is 1.24 bits per heavy atom. The van der Waals surface area contributed by atoms with Gasteiger partial charge in [0, 0.05) is 84.3 Å². The van der Waals surface area contributed by atoms with E-state index < -0.39 is 6.09 Å². The van der Waals surface area contributed by atoms with Gasteiger partial charge in [-0.3, -0.25) is 25.8 Å². The van der Waals surface area contributed by atoms with Crippen molar-refractivity contribution < 1.29 is 19.5 Å². The van der Waals surface area contributed by atoms with Crippen LogP contribution in [0.3, 0.4) is 0 Å². The van der Waals surface area contributed by atoms with Crippen LogP contribution in [-0.4, -0.2) is 113 Å². The molecule has 0 bridgehead atoms. The third-order valence-electron chi connectivity index (χ3n) is 12.7. The summed E-state index contributed by atoms with van der Waals surface area (Å²) < 4.78 is 2.05. The van der Waals surface area contributed by atoms with Crippen LogP contribution < -0.4 is 21.3 Å². The second-order valence-electron chi connectivity index (χ2n) is 17.9. The minimum atomic E-state index is -0.780. The minimum Gasteiger partial charge on any atom is -0.465 e. The van der Waals surface area contributed by atoms with Crippen molar-refractivity contribution in [3.05, 3.63) is 132 Å². The van der Waals surface area contributed by atoms with E-state index in [9.17, 15) is 14.4 Å². The molecule has 6 heterocycles. The number of halogens is 2. The van der Waals surface area contributed by atoms with E-state index in [2.05, 4.69) is 56.5 Å². The predicted molar refractivity (Wildman–Crippen MR) is 286 cm³/mol. The molecule has 0 saturated carbocycles. The summed E-state index contributed by atoms with van der Waals surface area (Å²) in [6, 6.07) is 31.1. The first-order chi connectivity index (χ1) is 35.0. The Balaban J connectivity index is 0.000000165. The molecule has 4 aromatic heterocycles. The number of urea groups is 2. The number of benzene rings is 4. The number of nitrogens with zero attached hydrogens (tertiary/aromatic N) is 7. The Morgan fingerprint density at radius 1 is 0.694 bits per heavy atom. The van der Waals surface area contributed by atoms with Crippen LogP contribution in [0.15, 0.2) is 122 Å². The van der Waals surface area contributed by atoms with Gasteiger partial charge in [0.15, 0.2) is 11.6 Å². The number of anilines is 2. The molecule has 374 valence electrons. The van der Waals surface area contributed by atoms with Crippen molar-refractivity contribution in [2.75, 3.05) is 43.4 Å². The molecule has 0 radical (unpaired) electrons. The van der Waals surface area contributed by atoms with Crippen molar-refractivity contribution in [2.45, 2.75) is 71.0 Å². The van der Waals surface area contributed by atoms with Gasteiger partial charge in [-0.2, -0.15) is 10.2 Å². The molecule has 10 rings (SSSR count). The number of hydrogen-bond donors (Lipinski definition) is 7. The van der Waals surface area contributed by atoms with E-state index in [1.54, 1.807) is 12.4 Å². The van der Waals surface area contributed by atoms with Gasteiger partial charge in [0.2, 0.25) is 0 Å². The molecule has 0 aliphatic carbocycles. The number of rotatable bonds is 13. The molecule has 7 N–H and O–H groups in total. The van der Waals surface area contributed by atoms with Crippen LogP contribution in [0.5, 0.6) is 0 Å². The molecule has 2 aliphatic rings. The Morgan fingerprint density at radius 3 is 1.75 bits per heavy atom. The molecule has 2 aliphatic heterocycles. The van der Waals surface area contributed by atoms with Gasteiger partial charge in [-0.25, -0.2) is 19.4 Å². The van der Waals surface area contributed by atoms with Gasteiger partial charge in [-0.05, 0) is 113 Å². The lowest BCUT2D eigenvalue weighted by atomic mass is 10.0. The number of carbonyl (C=O) groups excluding carboxylic acids is 2. The molecule has 2 saturated heterocycles. The number of aromatic nitrogens is 7. The topological polar surface area (TPSA) is 214 Å². The molecule has 2 unspecified atom stereocenters. The summed E-state index contributed by atoms with van der Waals surface area (Å²) in [4.78, 5) is 47.7. The Labute approximate surface area is 427 Å². The summed E-state index contributed by atoms with van der Waals surface area (Å²) in [5, 5.41) is 37.4. The molecular formula is C53H59Cl2N13O4. The molecule has 17 nitrogen and oxygen atoms in total. The van der Waals surface area contributed by atoms with Crippen molar-refractivity contribution in [3.8, 4) is 33.5 Å². The Hall–Kier alpha value is -7.47. The van der Waals surface area contributed by atoms with E-state index in [1.165, 1.54) is 17.7 Å². The van der Waals surface area contributed by atoms with Crippen LogP contribution in [0.25, 0.3) is 55.3 Å². The number of nitrogens with one attached hydrogen (secondary N) is 6. The molecule has 2 atom stereocenters. The highest BCUT2D eigenvalue weighted by molar-refractivity contribution is 6.35. The minimum absolute atomic E-state index is 0.215. The number of carboxylic acid groups (broad SMARTS) is 1. The molecular weight excluding hydrogens is 954 g/mol. The van der Waals surface area contributed by atoms with Crippen LogP contribution in [0.2, 0.25) is 10.0 Å². The smallest absolute Gasteiger partial charge is 0.407 e. The fourth-order valence-corrected chi connectivity index (χ4v) is 9.47. The largest absolute Gasteiger partial charge is 0.465 e. The molecule has 4 aromatic carbocycles. The summed E-state index contributed by atoms with van der Waals surface area (Å²) in [6.45, 7) is 9.03. The van der Waals surface area contributed by atoms with E-state index in [0.29, 0.717) is 34.8 Å². The van der Waals surface area contributed by atoms with Crippen molar-refractivity contribution in [3.63, 3.8) is 0 Å². The molecule has 8 aromatic rings. The summed E-state index contributed by atoms with van der Waals surface area (Å²) in [5.74, 6) is 0.963. The zero-order chi connectivity index (χ0) is 50.4. The fourth-order valence-electron chi connectivity index (χ4n) is 8.92. The number of amides is 5. The highest BCUT2D eigenvalue weighted by atomic mass is 35.5. The van der Waals surface area contributed by atoms with Crippen LogP contribution >= 0.6 is 23.2 Å². The van der Waals surface area contributed by atoms with Gasteiger partial charge in [0.05, 0.1) is 33.1 Å². The average molecular weight is 1010 g/mol. The number of aryl methyl sites for hydroxylation is 1. The maximum atomic E-state index is 12.4. The number of H-pyrrole nitrogens is 2. The molecule has 5 amide bonds. The standard InChI is InChI=1S/C26H24ClN7O.C20H22ClN5O.C7H13NO2/c27-22-14-23-21(13-20(22)18-7-2-1-3-8-18)25(33-32-23)31-26(35)29-11-4-5-12-34-16-24(30-17-34)19-9-6-10-28-15-19;21-17-13-18-16(12-15(17)14-6-2-1-3-7-14)19(25-24-18)23-20(27)22-8-11-26-9-4-5-10-26;1-5-3-4-6(2)8(5)7(9)10/h1-3,6-10,13-17H,4-5,11-12H2,(H3,29,31,32,33,35);1-3,6-7,12-13H,4-5,8-11H2,(H3,22,23,24,25,27);5-6H,3-4H2,1-2H3,(H,9,10). The van der Waals surface area contributed by atoms with E-state index in [-0.39, 0.29) is 24.1 Å². The predicted octanol–water partition coefficient (Wildman–Crippen LogP) is 11.4. The summed E-state index contributed by atoms with van der Waals surface area (Å²) in [7, 11) is 0. The van der Waals surface area contributed by atoms with Gasteiger partial charge < -0.3 is 30.1 Å². The Kier molecular flexibility index (Phi) is 17.4. The van der Waals surface area contributed by atoms with Crippen LogP contribution in [0.1, 0.15) is 52.4 Å². The zero-order valence-electron chi connectivity index (χ0n) is 40.2. The number of carbonyl (C=O) groups is 3. The fraction of sp³-hybridized carbons (Fsp3) is 0.302. The van der Waals surface area contributed by atoms with Crippen LogP contribution in [0, 0.1) is 0 Å². The molecule has 0 spiro atoms. The molecule has 19 heteroatoms. The SMILES string of the molecule is CC1CCC(C)N1C(=O)O.O=C(NCCCCn1cnc(-c2cccnc2)c1)Nc1n[nH]c2cc(Cl)c(-c3ccccc3)cc12.O=C(NCCN1CCCC1)Nc1n[nH]c2cc(Cl)c(-c3ccccc3)cc12. The number of unbranched alkanes of at least 4 members (excludes halogenated alkanes) is 1. The average Bonchev–Trinajstić information content (AvgIpc) is 4.26. The second kappa shape index (κ2) is 24.6. The first kappa shape index (κ1) is 50.9. The quantitative estimate of drug-likeness (QED) is 0.0546. The van der Waals surface area contributed by atoms with Crippen molar-refractivity contribution >= 4 is 74.8 Å². The van der Waals surface area contributed by atoms with Gasteiger partial charge >= 0.3 is 18.2 Å². The number of aromatic amines is 2. The summed E-state index contributed by atoms with van der Waals surface area (Å²) >= 11 is 12.9. The number of imidazole rings is 1. The number of pyridine rings is 1. The number of hydrogen-bond acceptors (Lipinski definition) is 8. The van der Waals surface area contributed by atoms with E-state index in [1.807, 2.05) is 128 Å². The lowest BCUT2D eigenvalue weighted by Gasteiger charge is -2.21. The monoisotopic (exact) mass is 1010 g/mol. The highest BCUT2D eigenvalue weighted by Gasteiger charge is 2.30. The summed E-state index contributed by atoms with van der Waals surface area (Å²) in [5.41, 5.74) is 7.25. The van der Waals surface area contributed by atoms with Gasteiger partial charge in [-0.1, -0.05) is 83.9 Å². The third-order valence-corrected chi connectivity index (χ3v) is 13.4. The maximum absolute atomic E-state index is 12.4. The van der Waals surface area contributed by atoms with Crippen LogP contribution in [0.4, 0.5) is 26.0 Å². The van der Waals surface area contributed by atoms with Gasteiger partial charge in [0.25, 0.3) is 0 Å². The Bertz CT molecular complexity index is 3040. The zero-order valence-corrected chi connectivity index (χ0v) is 41.8. The lowest BCUT2D eigenvalue weighted by Crippen LogP contribution is -2.37. The molecule has 2 fully saturated rings. The second-order valence-corrected chi connectivity index (χ2v) is 18.7. The van der Waals surface area contributed by atoms with E-state index >= 15 is 0 Å². The van der Waals surface area contributed by atoms with Gasteiger partial charge in [-0.15, -0.1) is 0 Å². The van der Waals surface area contributed by atoms with Gasteiger partial charge in [0.1, 0.15) is 0 Å². The third kappa shape index (κ3) is 13.3. The first-order valence-corrected chi connectivity index (χ1v) is 25.0. The van der Waals surface area contributed by atoms with E-state index in [0.717, 1.165) is 107 Å². The van der Waals surface area contributed by atoms with E-state index in [4.69, 9.17) is 28.3 Å². The van der Waals surface area contributed by atoms with Crippen molar-refractivity contribution in [2.24, 2.45) is 0 Å². The normalized spacial score (nSPS) is 15.4. The molecule has 72 heavy (non-hydrogen) atoms. The highest BCUT2D eigenvalue weighted by Crippen LogP contribution is 2.35. The summed E-state index contributed by atoms with van der Waals surface area (Å²) in [6.07, 6.45) is 12.9. The van der Waals surface area contributed by atoms with Crippen molar-refractivity contribution in [1.82, 2.24) is 55.4 Å². The van der Waals surface area contributed by atoms with Crippen LogP contribution in [-0.2, 0) is 6.54 Å².